The molecule has 3 aromatic carbocycles. The molecule has 0 aliphatic heterocycles. The molecule has 0 saturated carbocycles. The number of anilines is 2. The summed E-state index contributed by atoms with van der Waals surface area (Å²) >= 11 is 0. The fourth-order valence-electron chi connectivity index (χ4n) is 5.50. The number of fused-ring (bicyclic) bond motifs is 1. The van der Waals surface area contributed by atoms with E-state index in [0.717, 1.165) is 0 Å². The van der Waals surface area contributed by atoms with Crippen molar-refractivity contribution in [3.8, 4) is 11.5 Å². The highest BCUT2D eigenvalue weighted by Crippen LogP contribution is 2.35. The number of alkyl carbamates (subject to hydrolysis) is 1. The molecule has 0 bridgehead atoms. The Morgan fingerprint density at radius 1 is 0.923 bits per heavy atom. The molecule has 0 saturated heterocycles. The highest BCUT2D eigenvalue weighted by Gasteiger charge is 2.35. The summed E-state index contributed by atoms with van der Waals surface area (Å²) in [5.74, 6) is -1.06. The third kappa shape index (κ3) is 9.80. The number of hydrogen-bond acceptors (Lipinski definition) is 10. The van der Waals surface area contributed by atoms with E-state index < -0.39 is 35.0 Å². The second kappa shape index (κ2) is 16.2. The molecule has 0 fully saturated rings. The highest BCUT2D eigenvalue weighted by atomic mass is 19.1. The van der Waals surface area contributed by atoms with Gasteiger partial charge in [0.15, 0.2) is 0 Å². The van der Waals surface area contributed by atoms with Gasteiger partial charge in [0, 0.05) is 48.6 Å². The minimum Gasteiger partial charge on any atom is -0.511 e. The summed E-state index contributed by atoms with van der Waals surface area (Å²) in [6.45, 7) is 10.5. The first-order chi connectivity index (χ1) is 24.4. The van der Waals surface area contributed by atoms with Crippen molar-refractivity contribution in [1.82, 2.24) is 5.32 Å². The van der Waals surface area contributed by atoms with Crippen molar-refractivity contribution in [3.05, 3.63) is 94.0 Å². The van der Waals surface area contributed by atoms with E-state index in [-0.39, 0.29) is 48.7 Å². The predicted molar refractivity (Wildman–Crippen MR) is 197 cm³/mol. The van der Waals surface area contributed by atoms with Gasteiger partial charge < -0.3 is 39.6 Å². The van der Waals surface area contributed by atoms with Gasteiger partial charge in [-0.05, 0) is 95.6 Å². The quantitative estimate of drug-likeness (QED) is 0.145. The zero-order chi connectivity index (χ0) is 38.4. The molecule has 52 heavy (non-hydrogen) atoms. The van der Waals surface area contributed by atoms with Gasteiger partial charge in [-0.1, -0.05) is 0 Å². The van der Waals surface area contributed by atoms with Gasteiger partial charge >= 0.3 is 12.1 Å². The minimum atomic E-state index is -0.714. The monoisotopic (exact) mass is 718 g/mol. The van der Waals surface area contributed by atoms with Gasteiger partial charge in [0.05, 0.1) is 38.6 Å². The first-order valence-corrected chi connectivity index (χ1v) is 16.7. The molecule has 0 spiro atoms. The number of esters is 1. The number of ether oxygens (including phenoxy) is 4. The molecular weight excluding hydrogens is 671 g/mol. The van der Waals surface area contributed by atoms with E-state index in [1.807, 2.05) is 0 Å². The average molecular weight is 719 g/mol. The van der Waals surface area contributed by atoms with Gasteiger partial charge in [0.25, 0.3) is 5.91 Å². The van der Waals surface area contributed by atoms with Crippen LogP contribution in [0.1, 0.15) is 68.6 Å². The summed E-state index contributed by atoms with van der Waals surface area (Å²) in [5, 5.41) is 17.2. The summed E-state index contributed by atoms with van der Waals surface area (Å²) in [7, 11) is 4.65. The molecule has 4 rings (SSSR count). The van der Waals surface area contributed by atoms with Gasteiger partial charge in [0.1, 0.15) is 39.9 Å². The number of nitrogens with zero attached hydrogens (tertiary/aromatic N) is 2. The third-order valence-electron chi connectivity index (χ3n) is 7.75. The largest absolute Gasteiger partial charge is 0.511 e. The Hall–Kier alpha value is -5.59. The van der Waals surface area contributed by atoms with Crippen LogP contribution in [0.15, 0.2) is 70.9 Å². The van der Waals surface area contributed by atoms with Gasteiger partial charge in [-0.25, -0.2) is 14.0 Å². The van der Waals surface area contributed by atoms with Crippen LogP contribution in [-0.4, -0.2) is 74.3 Å². The topological polar surface area (TPSA) is 148 Å². The van der Waals surface area contributed by atoms with Crippen LogP contribution in [0.3, 0.4) is 0 Å². The first kappa shape index (κ1) is 39.2. The predicted octanol–water partition coefficient (Wildman–Crippen LogP) is 6.76. The maximum absolute atomic E-state index is 15.1. The summed E-state index contributed by atoms with van der Waals surface area (Å²) in [6.07, 6.45) is -0.733. The van der Waals surface area contributed by atoms with E-state index >= 15 is 4.39 Å². The number of allylic oxidation sites excluding steroid dienone is 1. The molecule has 0 unspecified atom stereocenters. The van der Waals surface area contributed by atoms with Crippen molar-refractivity contribution in [2.75, 3.05) is 44.6 Å². The van der Waals surface area contributed by atoms with E-state index in [1.54, 1.807) is 91.1 Å². The second-order valence-electron chi connectivity index (χ2n) is 14.0. The number of nitrogens with one attached hydrogen (secondary N) is 2. The molecule has 0 aromatic heterocycles. The lowest BCUT2D eigenvalue weighted by atomic mass is 9.86. The molecule has 0 radical (unpaired) electrons. The number of methoxy groups -OCH3 is 2. The van der Waals surface area contributed by atoms with Crippen molar-refractivity contribution in [1.29, 1.82) is 0 Å². The SMILES string of the molecule is CNc1cc(F)cc2c1CC(O)=C(C(=O)N(Cc1ccc(OC)cc1OC)c1ccc(C(=O)OC(C)(C)C)cc1)C2=NCCNC(=O)OC(C)(C)C. The van der Waals surface area contributed by atoms with E-state index in [0.29, 0.717) is 39.6 Å². The van der Waals surface area contributed by atoms with Crippen molar-refractivity contribution < 1.29 is 42.8 Å². The molecule has 0 heterocycles. The normalized spacial score (nSPS) is 13.6. The fourth-order valence-corrected chi connectivity index (χ4v) is 5.50. The number of carbonyl (C=O) groups excluding carboxylic acids is 3. The van der Waals surface area contributed by atoms with Crippen LogP contribution in [0, 0.1) is 5.82 Å². The average Bonchev–Trinajstić information content (AvgIpc) is 3.07. The Morgan fingerprint density at radius 2 is 1.60 bits per heavy atom. The molecule has 1 aliphatic rings. The Morgan fingerprint density at radius 3 is 2.19 bits per heavy atom. The van der Waals surface area contributed by atoms with Crippen LogP contribution >= 0.6 is 0 Å². The fraction of sp³-hybridized carbons (Fsp3) is 0.385. The van der Waals surface area contributed by atoms with Gasteiger partial charge in [-0.2, -0.15) is 0 Å². The second-order valence-corrected chi connectivity index (χ2v) is 14.0. The molecule has 12 nitrogen and oxygen atoms in total. The number of carbonyl (C=O) groups is 3. The van der Waals surface area contributed by atoms with Crippen LogP contribution in [0.2, 0.25) is 0 Å². The Bertz CT molecular complexity index is 1870. The molecule has 278 valence electrons. The standard InChI is InChI=1S/C39H47FN4O8/c1-38(2,3)51-36(47)23-10-13-26(14-11-23)44(22-24-12-15-27(49-8)20-32(24)50-9)35(46)33-31(45)21-28-29(18-25(40)19-30(28)41-7)34(33)42-16-17-43-37(48)52-39(4,5)6/h10-15,18-20,41,45H,16-17,21-22H2,1-9H3,(H,43,48). The van der Waals surface area contributed by atoms with Crippen LogP contribution < -0.4 is 25.0 Å². The molecule has 0 atom stereocenters. The molecule has 3 aromatic rings. The summed E-state index contributed by atoms with van der Waals surface area (Å²) in [5.41, 5.74) is 0.997. The lowest BCUT2D eigenvalue weighted by Gasteiger charge is -2.29. The van der Waals surface area contributed by atoms with E-state index in [4.69, 9.17) is 18.9 Å². The Labute approximate surface area is 303 Å². The summed E-state index contributed by atoms with van der Waals surface area (Å²) in [4.78, 5) is 46.1. The first-order valence-electron chi connectivity index (χ1n) is 16.7. The van der Waals surface area contributed by atoms with Crippen LogP contribution in [0.5, 0.6) is 11.5 Å². The number of amides is 2. The van der Waals surface area contributed by atoms with E-state index in [9.17, 15) is 19.5 Å². The summed E-state index contributed by atoms with van der Waals surface area (Å²) in [6, 6.07) is 14.0. The number of halogens is 1. The number of aliphatic hydroxyl groups is 1. The van der Waals surface area contributed by atoms with Crippen molar-refractivity contribution in [2.45, 2.75) is 65.7 Å². The van der Waals surface area contributed by atoms with Gasteiger partial charge in [0.2, 0.25) is 0 Å². The van der Waals surface area contributed by atoms with Gasteiger partial charge in [-0.3, -0.25) is 9.79 Å². The molecule has 2 amide bonds. The van der Waals surface area contributed by atoms with Crippen LogP contribution in [0.4, 0.5) is 20.6 Å². The maximum atomic E-state index is 15.1. The smallest absolute Gasteiger partial charge is 0.407 e. The molecule has 13 heteroatoms. The lowest BCUT2D eigenvalue weighted by molar-refractivity contribution is -0.115. The molecular formula is C39H47FN4O8. The number of rotatable bonds is 11. The number of aliphatic hydroxyl groups excluding tert-OH is 1. The highest BCUT2D eigenvalue weighted by molar-refractivity contribution is 6.33. The minimum absolute atomic E-state index is 0.0274. The van der Waals surface area contributed by atoms with E-state index in [2.05, 4.69) is 15.6 Å². The van der Waals surface area contributed by atoms with Gasteiger partial charge in [-0.15, -0.1) is 0 Å². The van der Waals surface area contributed by atoms with Crippen LogP contribution in [0.25, 0.3) is 0 Å². The zero-order valence-corrected chi connectivity index (χ0v) is 31.1. The number of hydrogen-bond donors (Lipinski definition) is 3. The zero-order valence-electron chi connectivity index (χ0n) is 31.1. The molecule has 3 N–H and O–H groups in total. The third-order valence-corrected chi connectivity index (χ3v) is 7.75. The van der Waals surface area contributed by atoms with Crippen molar-refractivity contribution in [2.24, 2.45) is 4.99 Å². The van der Waals surface area contributed by atoms with Crippen molar-refractivity contribution in [3.63, 3.8) is 0 Å². The lowest BCUT2D eigenvalue weighted by Crippen LogP contribution is -2.37. The van der Waals surface area contributed by atoms with Crippen LogP contribution in [-0.2, 0) is 27.2 Å². The van der Waals surface area contributed by atoms with Crippen molar-refractivity contribution >= 4 is 35.1 Å². The Kier molecular flexibility index (Phi) is 12.2. The van der Waals surface area contributed by atoms with E-state index in [1.165, 1.54) is 31.3 Å². The number of aliphatic imine (C=N–C) groups is 1. The number of benzene rings is 3. The Balaban J connectivity index is 1.82. The summed E-state index contributed by atoms with van der Waals surface area (Å²) < 4.78 is 36.9. The molecule has 1 aliphatic carbocycles. The maximum Gasteiger partial charge on any atom is 0.407 e.